The van der Waals surface area contributed by atoms with Crippen LogP contribution in [0.4, 0.5) is 0 Å². The molecule has 1 N–H and O–H groups in total. The largest absolute Gasteiger partial charge is 0.395 e. The number of hydrogen-bond donors (Lipinski definition) is 1. The molecule has 0 rings (SSSR count). The molecule has 0 amide bonds. The first-order valence-corrected chi connectivity index (χ1v) is 3.97. The van der Waals surface area contributed by atoms with Gasteiger partial charge in [-0.3, -0.25) is 0 Å². The van der Waals surface area contributed by atoms with Gasteiger partial charge in [-0.05, 0) is 6.42 Å². The van der Waals surface area contributed by atoms with Gasteiger partial charge in [-0.1, -0.05) is 35.7 Å². The SMILES string of the molecule is CCCCC(Br)CO. The fourth-order valence-electron chi connectivity index (χ4n) is 0.517. The van der Waals surface area contributed by atoms with Crippen LogP contribution in [0.2, 0.25) is 0 Å². The van der Waals surface area contributed by atoms with E-state index in [-0.39, 0.29) is 6.61 Å². The van der Waals surface area contributed by atoms with Gasteiger partial charge in [0.05, 0.1) is 6.61 Å². The maximum Gasteiger partial charge on any atom is 0.0556 e. The summed E-state index contributed by atoms with van der Waals surface area (Å²) in [6.07, 6.45) is 3.51. The third kappa shape index (κ3) is 4.60. The van der Waals surface area contributed by atoms with Crippen LogP contribution in [0, 0.1) is 0 Å². The molecule has 1 atom stereocenters. The monoisotopic (exact) mass is 180 g/mol. The van der Waals surface area contributed by atoms with Crippen LogP contribution in [0.3, 0.4) is 0 Å². The van der Waals surface area contributed by atoms with Gasteiger partial charge in [-0.25, -0.2) is 0 Å². The van der Waals surface area contributed by atoms with Crippen molar-refractivity contribution in [2.24, 2.45) is 0 Å². The molecule has 0 fully saturated rings. The minimum atomic E-state index is 0.264. The van der Waals surface area contributed by atoms with E-state index < -0.39 is 0 Å². The Balaban J connectivity index is 2.86. The molecule has 0 spiro atoms. The highest BCUT2D eigenvalue weighted by Crippen LogP contribution is 2.07. The second-order valence-electron chi connectivity index (χ2n) is 1.92. The molecule has 0 radical (unpaired) electrons. The van der Waals surface area contributed by atoms with Crippen molar-refractivity contribution in [1.29, 1.82) is 0 Å². The summed E-state index contributed by atoms with van der Waals surface area (Å²) >= 11 is 3.33. The molecule has 1 nitrogen and oxygen atoms in total. The Morgan fingerprint density at radius 3 is 2.62 bits per heavy atom. The van der Waals surface area contributed by atoms with Crippen LogP contribution in [0.15, 0.2) is 0 Å². The van der Waals surface area contributed by atoms with E-state index in [0.29, 0.717) is 4.83 Å². The lowest BCUT2D eigenvalue weighted by Crippen LogP contribution is -2.02. The maximum absolute atomic E-state index is 8.51. The van der Waals surface area contributed by atoms with Crippen molar-refractivity contribution in [2.45, 2.75) is 31.0 Å². The highest BCUT2D eigenvalue weighted by molar-refractivity contribution is 9.09. The van der Waals surface area contributed by atoms with Crippen LogP contribution in [0.1, 0.15) is 26.2 Å². The fraction of sp³-hybridized carbons (Fsp3) is 1.00. The summed E-state index contributed by atoms with van der Waals surface area (Å²) in [6, 6.07) is 0. The predicted molar refractivity (Wildman–Crippen MR) is 39.3 cm³/mol. The molecule has 0 aromatic heterocycles. The standard InChI is InChI=1S/C6H13BrO/c1-2-3-4-6(7)5-8/h6,8H,2-5H2,1H3. The second kappa shape index (κ2) is 5.57. The lowest BCUT2D eigenvalue weighted by Gasteiger charge is -2.01. The van der Waals surface area contributed by atoms with Crippen molar-refractivity contribution < 1.29 is 5.11 Å². The average Bonchev–Trinajstić information content (AvgIpc) is 1.83. The van der Waals surface area contributed by atoms with E-state index in [4.69, 9.17) is 5.11 Å². The molecule has 0 aromatic rings. The van der Waals surface area contributed by atoms with Gasteiger partial charge in [0, 0.05) is 4.83 Å². The Hall–Kier alpha value is 0.440. The maximum atomic E-state index is 8.51. The fourth-order valence-corrected chi connectivity index (χ4v) is 0.841. The van der Waals surface area contributed by atoms with Crippen molar-refractivity contribution in [2.75, 3.05) is 6.61 Å². The molecule has 0 saturated carbocycles. The molecular weight excluding hydrogens is 168 g/mol. The molecule has 0 heterocycles. The number of aliphatic hydroxyl groups is 1. The first-order valence-electron chi connectivity index (χ1n) is 3.06. The van der Waals surface area contributed by atoms with Crippen LogP contribution in [0.5, 0.6) is 0 Å². The summed E-state index contributed by atoms with van der Waals surface area (Å²) in [5, 5.41) is 8.51. The lowest BCUT2D eigenvalue weighted by molar-refractivity contribution is 0.291. The predicted octanol–water partition coefficient (Wildman–Crippen LogP) is 1.93. The quantitative estimate of drug-likeness (QED) is 0.657. The van der Waals surface area contributed by atoms with Gasteiger partial charge in [-0.2, -0.15) is 0 Å². The Morgan fingerprint density at radius 1 is 1.62 bits per heavy atom. The van der Waals surface area contributed by atoms with E-state index in [1.807, 2.05) is 0 Å². The van der Waals surface area contributed by atoms with Crippen LogP contribution in [0.25, 0.3) is 0 Å². The number of rotatable bonds is 4. The van der Waals surface area contributed by atoms with Gasteiger partial charge in [0.15, 0.2) is 0 Å². The van der Waals surface area contributed by atoms with Gasteiger partial charge in [0.25, 0.3) is 0 Å². The molecule has 1 unspecified atom stereocenters. The van der Waals surface area contributed by atoms with Crippen LogP contribution in [-0.4, -0.2) is 16.5 Å². The average molecular weight is 181 g/mol. The third-order valence-electron chi connectivity index (χ3n) is 1.07. The van der Waals surface area contributed by atoms with E-state index in [2.05, 4.69) is 22.9 Å². The van der Waals surface area contributed by atoms with Crippen molar-refractivity contribution in [3.63, 3.8) is 0 Å². The molecule has 0 bridgehead atoms. The van der Waals surface area contributed by atoms with Gasteiger partial charge < -0.3 is 5.11 Å². The van der Waals surface area contributed by atoms with Crippen LogP contribution in [-0.2, 0) is 0 Å². The number of hydrogen-bond acceptors (Lipinski definition) is 1. The first kappa shape index (κ1) is 8.44. The molecular formula is C6H13BrO. The van der Waals surface area contributed by atoms with Crippen LogP contribution < -0.4 is 0 Å². The summed E-state index contributed by atoms with van der Waals surface area (Å²) in [4.78, 5) is 0.322. The Bertz CT molecular complexity index is 47.8. The van der Waals surface area contributed by atoms with E-state index in [1.54, 1.807) is 0 Å². The van der Waals surface area contributed by atoms with E-state index >= 15 is 0 Å². The second-order valence-corrected chi connectivity index (χ2v) is 3.22. The Kier molecular flexibility index (Phi) is 5.88. The number of halogens is 1. The molecule has 8 heavy (non-hydrogen) atoms. The number of unbranched alkanes of at least 4 members (excludes halogenated alkanes) is 1. The van der Waals surface area contributed by atoms with Gasteiger partial charge >= 0.3 is 0 Å². The van der Waals surface area contributed by atoms with Gasteiger partial charge in [0.2, 0.25) is 0 Å². The normalized spacial score (nSPS) is 13.9. The molecule has 0 aliphatic rings. The van der Waals surface area contributed by atoms with E-state index in [0.717, 1.165) is 6.42 Å². The topological polar surface area (TPSA) is 20.2 Å². The van der Waals surface area contributed by atoms with Gasteiger partial charge in [0.1, 0.15) is 0 Å². The highest BCUT2D eigenvalue weighted by Gasteiger charge is 1.98. The zero-order valence-corrected chi connectivity index (χ0v) is 6.82. The molecule has 0 saturated heterocycles. The van der Waals surface area contributed by atoms with Crippen molar-refractivity contribution in [1.82, 2.24) is 0 Å². The van der Waals surface area contributed by atoms with Crippen molar-refractivity contribution >= 4 is 15.9 Å². The zero-order valence-electron chi connectivity index (χ0n) is 5.23. The summed E-state index contributed by atoms with van der Waals surface area (Å²) in [6.45, 7) is 2.41. The summed E-state index contributed by atoms with van der Waals surface area (Å²) in [5.74, 6) is 0. The van der Waals surface area contributed by atoms with E-state index in [1.165, 1.54) is 12.8 Å². The Labute approximate surface area is 59.2 Å². The van der Waals surface area contributed by atoms with Crippen molar-refractivity contribution in [3.05, 3.63) is 0 Å². The minimum absolute atomic E-state index is 0.264. The lowest BCUT2D eigenvalue weighted by atomic mass is 10.2. The number of alkyl halides is 1. The number of aliphatic hydroxyl groups excluding tert-OH is 1. The summed E-state index contributed by atoms with van der Waals surface area (Å²) in [7, 11) is 0. The minimum Gasteiger partial charge on any atom is -0.395 e. The van der Waals surface area contributed by atoms with Crippen molar-refractivity contribution in [3.8, 4) is 0 Å². The zero-order chi connectivity index (χ0) is 6.41. The molecule has 0 aromatic carbocycles. The summed E-state index contributed by atoms with van der Waals surface area (Å²) in [5.41, 5.74) is 0. The third-order valence-corrected chi connectivity index (χ3v) is 1.82. The molecule has 0 aliphatic carbocycles. The molecule has 0 aliphatic heterocycles. The van der Waals surface area contributed by atoms with Crippen LogP contribution >= 0.6 is 15.9 Å². The van der Waals surface area contributed by atoms with E-state index in [9.17, 15) is 0 Å². The van der Waals surface area contributed by atoms with Gasteiger partial charge in [-0.15, -0.1) is 0 Å². The summed E-state index contributed by atoms with van der Waals surface area (Å²) < 4.78 is 0. The highest BCUT2D eigenvalue weighted by atomic mass is 79.9. The first-order chi connectivity index (χ1) is 3.81. The molecule has 50 valence electrons. The smallest absolute Gasteiger partial charge is 0.0556 e. The Morgan fingerprint density at radius 2 is 2.25 bits per heavy atom. The molecule has 2 heteroatoms.